The summed E-state index contributed by atoms with van der Waals surface area (Å²) in [6.07, 6.45) is 0. The van der Waals surface area contributed by atoms with Gasteiger partial charge in [-0.05, 0) is 19.1 Å². The van der Waals surface area contributed by atoms with Crippen LogP contribution < -0.4 is 5.56 Å². The van der Waals surface area contributed by atoms with Gasteiger partial charge < -0.3 is 5.11 Å². The van der Waals surface area contributed by atoms with Gasteiger partial charge >= 0.3 is 0 Å². The first-order valence-electron chi connectivity index (χ1n) is 3.86. The number of H-pyrrole nitrogens is 1. The lowest BCUT2D eigenvalue weighted by molar-refractivity contribution is 0.431. The van der Waals surface area contributed by atoms with Crippen molar-refractivity contribution in [3.8, 4) is 6.01 Å². The topological polar surface area (TPSA) is 66.0 Å². The number of fused-ring (bicyclic) bond motifs is 1. The van der Waals surface area contributed by atoms with Crippen molar-refractivity contribution >= 4 is 10.9 Å². The second-order valence-electron chi connectivity index (χ2n) is 2.91. The summed E-state index contributed by atoms with van der Waals surface area (Å²) in [6, 6.07) is 4.94. The molecule has 0 unspecified atom stereocenters. The quantitative estimate of drug-likeness (QED) is 0.627. The van der Waals surface area contributed by atoms with Gasteiger partial charge in [0.2, 0.25) is 0 Å². The Morgan fingerprint density at radius 2 is 2.23 bits per heavy atom. The molecule has 1 aromatic carbocycles. The van der Waals surface area contributed by atoms with Crippen LogP contribution in [0.15, 0.2) is 23.0 Å². The van der Waals surface area contributed by atoms with Gasteiger partial charge in [0.25, 0.3) is 11.6 Å². The van der Waals surface area contributed by atoms with Crippen LogP contribution in [0.1, 0.15) is 5.56 Å². The van der Waals surface area contributed by atoms with Gasteiger partial charge in [0, 0.05) is 0 Å². The highest BCUT2D eigenvalue weighted by molar-refractivity contribution is 5.78. The molecule has 2 N–H and O–H groups in total. The predicted molar refractivity (Wildman–Crippen MR) is 48.8 cm³/mol. The minimum atomic E-state index is -0.346. The maximum Gasteiger partial charge on any atom is 0.294 e. The van der Waals surface area contributed by atoms with E-state index in [1.165, 1.54) is 0 Å². The first-order chi connectivity index (χ1) is 6.16. The molecule has 0 aliphatic rings. The summed E-state index contributed by atoms with van der Waals surface area (Å²) in [5, 5.41) is 9.51. The molecule has 0 atom stereocenters. The number of aromatic amines is 1. The van der Waals surface area contributed by atoms with Crippen LogP contribution >= 0.6 is 0 Å². The molecule has 66 valence electrons. The maximum atomic E-state index is 11.3. The van der Waals surface area contributed by atoms with Crippen LogP contribution in [0.3, 0.4) is 0 Å². The number of benzene rings is 1. The molecular weight excluding hydrogens is 168 g/mol. The zero-order valence-corrected chi connectivity index (χ0v) is 7.03. The third kappa shape index (κ3) is 1.26. The van der Waals surface area contributed by atoms with Crippen LogP contribution in [-0.4, -0.2) is 15.1 Å². The van der Waals surface area contributed by atoms with Crippen LogP contribution in [-0.2, 0) is 0 Å². The second-order valence-corrected chi connectivity index (χ2v) is 2.91. The average molecular weight is 176 g/mol. The molecule has 0 radical (unpaired) electrons. The highest BCUT2D eigenvalue weighted by Crippen LogP contribution is 2.10. The van der Waals surface area contributed by atoms with Crippen molar-refractivity contribution in [3.63, 3.8) is 0 Å². The summed E-state index contributed by atoms with van der Waals surface area (Å²) in [7, 11) is 0. The summed E-state index contributed by atoms with van der Waals surface area (Å²) < 4.78 is 0. The Morgan fingerprint density at radius 3 is 3.00 bits per heavy atom. The minimum Gasteiger partial charge on any atom is -0.480 e. The SMILES string of the molecule is Cc1ccc2nc(O)[nH]c(=O)c2c1. The van der Waals surface area contributed by atoms with Gasteiger partial charge in [0.1, 0.15) is 0 Å². The van der Waals surface area contributed by atoms with E-state index in [4.69, 9.17) is 5.11 Å². The van der Waals surface area contributed by atoms with Crippen molar-refractivity contribution < 1.29 is 5.11 Å². The standard InChI is InChI=1S/C9H8N2O2/c1-5-2-3-7-6(4-5)8(12)11-9(13)10-7/h2-4H,1H3,(H2,10,11,12,13). The van der Waals surface area contributed by atoms with Crippen molar-refractivity contribution in [2.45, 2.75) is 6.92 Å². The molecule has 4 nitrogen and oxygen atoms in total. The molecule has 1 heterocycles. The zero-order chi connectivity index (χ0) is 9.42. The molecule has 4 heteroatoms. The average Bonchev–Trinajstić information content (AvgIpc) is 2.06. The van der Waals surface area contributed by atoms with E-state index in [9.17, 15) is 4.79 Å². The second kappa shape index (κ2) is 2.58. The largest absolute Gasteiger partial charge is 0.480 e. The first kappa shape index (κ1) is 7.79. The summed E-state index contributed by atoms with van der Waals surface area (Å²) in [4.78, 5) is 17.3. The van der Waals surface area contributed by atoms with E-state index in [0.29, 0.717) is 10.9 Å². The Morgan fingerprint density at radius 1 is 1.46 bits per heavy atom. The maximum absolute atomic E-state index is 11.3. The molecule has 13 heavy (non-hydrogen) atoms. The van der Waals surface area contributed by atoms with Gasteiger partial charge in [-0.3, -0.25) is 9.78 Å². The fourth-order valence-electron chi connectivity index (χ4n) is 1.24. The molecule has 0 aliphatic carbocycles. The molecule has 2 aromatic rings. The van der Waals surface area contributed by atoms with Gasteiger partial charge in [0.05, 0.1) is 10.9 Å². The van der Waals surface area contributed by atoms with Crippen molar-refractivity contribution in [2.75, 3.05) is 0 Å². The lowest BCUT2D eigenvalue weighted by Gasteiger charge is -1.97. The van der Waals surface area contributed by atoms with Crippen LogP contribution in [0.25, 0.3) is 10.9 Å². The number of hydrogen-bond donors (Lipinski definition) is 2. The Balaban J connectivity index is 2.95. The fourth-order valence-corrected chi connectivity index (χ4v) is 1.24. The number of nitrogens with zero attached hydrogens (tertiary/aromatic N) is 1. The molecule has 1 aromatic heterocycles. The van der Waals surface area contributed by atoms with E-state index in [2.05, 4.69) is 9.97 Å². The molecule has 2 rings (SSSR count). The predicted octanol–water partition coefficient (Wildman–Crippen LogP) is 0.937. The van der Waals surface area contributed by atoms with Crippen molar-refractivity contribution in [1.29, 1.82) is 0 Å². The van der Waals surface area contributed by atoms with E-state index >= 15 is 0 Å². The third-order valence-corrected chi connectivity index (χ3v) is 1.85. The molecule has 0 bridgehead atoms. The van der Waals surface area contributed by atoms with E-state index < -0.39 is 0 Å². The number of aryl methyl sites for hydroxylation is 1. The highest BCUT2D eigenvalue weighted by Gasteiger charge is 2.01. The summed E-state index contributed by atoms with van der Waals surface area (Å²) in [5.74, 6) is 0. The number of nitrogens with one attached hydrogen (secondary N) is 1. The van der Waals surface area contributed by atoms with E-state index in [1.54, 1.807) is 12.1 Å². The van der Waals surface area contributed by atoms with Gasteiger partial charge in [-0.2, -0.15) is 4.98 Å². The number of rotatable bonds is 0. The number of aromatic nitrogens is 2. The van der Waals surface area contributed by atoms with E-state index in [1.807, 2.05) is 13.0 Å². The summed E-state index contributed by atoms with van der Waals surface area (Å²) in [6.45, 7) is 1.89. The molecular formula is C9H8N2O2. The van der Waals surface area contributed by atoms with Crippen molar-refractivity contribution in [3.05, 3.63) is 34.1 Å². The monoisotopic (exact) mass is 176 g/mol. The van der Waals surface area contributed by atoms with Crippen molar-refractivity contribution in [1.82, 2.24) is 9.97 Å². The Bertz CT molecular complexity index is 516. The van der Waals surface area contributed by atoms with Gasteiger partial charge in [-0.1, -0.05) is 11.6 Å². The lowest BCUT2D eigenvalue weighted by Crippen LogP contribution is -2.06. The van der Waals surface area contributed by atoms with Crippen LogP contribution in [0, 0.1) is 6.92 Å². The molecule has 0 fully saturated rings. The highest BCUT2D eigenvalue weighted by atomic mass is 16.3. The van der Waals surface area contributed by atoms with E-state index in [-0.39, 0.29) is 11.6 Å². The van der Waals surface area contributed by atoms with Crippen LogP contribution in [0.2, 0.25) is 0 Å². The Hall–Kier alpha value is -1.84. The molecule has 0 saturated heterocycles. The van der Waals surface area contributed by atoms with Crippen LogP contribution in [0.5, 0.6) is 6.01 Å². The molecule has 0 spiro atoms. The zero-order valence-electron chi connectivity index (χ0n) is 7.03. The number of aromatic hydroxyl groups is 1. The normalized spacial score (nSPS) is 10.5. The lowest BCUT2D eigenvalue weighted by atomic mass is 10.2. The Kier molecular flexibility index (Phi) is 1.55. The van der Waals surface area contributed by atoms with Crippen molar-refractivity contribution in [2.24, 2.45) is 0 Å². The van der Waals surface area contributed by atoms with Gasteiger partial charge in [-0.15, -0.1) is 0 Å². The third-order valence-electron chi connectivity index (χ3n) is 1.85. The molecule has 0 saturated carbocycles. The molecule has 0 aliphatic heterocycles. The van der Waals surface area contributed by atoms with Gasteiger partial charge in [0.15, 0.2) is 0 Å². The fraction of sp³-hybridized carbons (Fsp3) is 0.111. The van der Waals surface area contributed by atoms with E-state index in [0.717, 1.165) is 5.56 Å². The smallest absolute Gasteiger partial charge is 0.294 e. The first-order valence-corrected chi connectivity index (χ1v) is 3.86. The minimum absolute atomic E-state index is 0.314. The molecule has 0 amide bonds. The van der Waals surface area contributed by atoms with Gasteiger partial charge in [-0.25, -0.2) is 0 Å². The van der Waals surface area contributed by atoms with Crippen LogP contribution in [0.4, 0.5) is 0 Å². The summed E-state index contributed by atoms with van der Waals surface area (Å²) in [5.41, 5.74) is 1.18. The Labute approximate surface area is 73.9 Å². The summed E-state index contributed by atoms with van der Waals surface area (Å²) >= 11 is 0. The number of hydrogen-bond acceptors (Lipinski definition) is 3.